The van der Waals surface area contributed by atoms with E-state index in [4.69, 9.17) is 0 Å². The first-order valence-electron chi connectivity index (χ1n) is 8.42. The summed E-state index contributed by atoms with van der Waals surface area (Å²) in [5.41, 5.74) is 2.09. The molecule has 0 bridgehead atoms. The molecule has 25 heavy (non-hydrogen) atoms. The number of hydrogen-bond acceptors (Lipinski definition) is 5. The molecular formula is C18H19N5O2. The molecule has 2 aliphatic rings. The van der Waals surface area contributed by atoms with Gasteiger partial charge in [-0.1, -0.05) is 0 Å². The number of likely N-dealkylation sites (N-methyl/N-ethyl adjacent to an activating group) is 1. The van der Waals surface area contributed by atoms with Crippen LogP contribution in [0.4, 0.5) is 10.6 Å². The molecule has 3 amide bonds. The summed E-state index contributed by atoms with van der Waals surface area (Å²) in [6, 6.07) is 7.30. The lowest BCUT2D eigenvalue weighted by Crippen LogP contribution is -2.53. The van der Waals surface area contributed by atoms with Gasteiger partial charge in [0.05, 0.1) is 0 Å². The predicted molar refractivity (Wildman–Crippen MR) is 93.0 cm³/mol. The normalized spacial score (nSPS) is 20.2. The zero-order valence-electron chi connectivity index (χ0n) is 14.0. The van der Waals surface area contributed by atoms with E-state index in [0.29, 0.717) is 26.2 Å². The fraction of sp³-hybridized carbons (Fsp3) is 0.333. The molecular weight excluding hydrogens is 318 g/mol. The second-order valence-corrected chi connectivity index (χ2v) is 6.16. The van der Waals surface area contributed by atoms with Crippen molar-refractivity contribution in [2.24, 2.45) is 0 Å². The van der Waals surface area contributed by atoms with Crippen LogP contribution in [0.3, 0.4) is 0 Å². The number of carbonyl (C=O) groups is 2. The van der Waals surface area contributed by atoms with Crippen molar-refractivity contribution < 1.29 is 9.59 Å². The summed E-state index contributed by atoms with van der Waals surface area (Å²) in [6.07, 6.45) is 5.34. The molecule has 2 aliphatic heterocycles. The quantitative estimate of drug-likeness (QED) is 0.796. The Bertz CT molecular complexity index is 793. The summed E-state index contributed by atoms with van der Waals surface area (Å²) < 4.78 is 0. The predicted octanol–water partition coefficient (Wildman–Crippen LogP) is 1.62. The van der Waals surface area contributed by atoms with Crippen LogP contribution in [-0.4, -0.2) is 63.9 Å². The summed E-state index contributed by atoms with van der Waals surface area (Å²) in [5.74, 6) is 0.721. The van der Waals surface area contributed by atoms with Crippen LogP contribution in [0.15, 0.2) is 42.9 Å². The largest absolute Gasteiger partial charge is 0.352 e. The van der Waals surface area contributed by atoms with Gasteiger partial charge >= 0.3 is 6.03 Å². The third-order valence-corrected chi connectivity index (χ3v) is 4.81. The molecule has 1 atom stereocenters. The Balaban J connectivity index is 1.52. The SMILES string of the molecule is CCN1C(=O)C2CN(c3ccc(-c4ccncc4)cn3)CCN2C1=O. The van der Waals surface area contributed by atoms with Gasteiger partial charge in [-0.15, -0.1) is 0 Å². The minimum atomic E-state index is -0.400. The van der Waals surface area contributed by atoms with E-state index in [-0.39, 0.29) is 11.9 Å². The van der Waals surface area contributed by atoms with Crippen molar-refractivity contribution in [3.05, 3.63) is 42.9 Å². The third-order valence-electron chi connectivity index (χ3n) is 4.81. The molecule has 0 radical (unpaired) electrons. The minimum Gasteiger partial charge on any atom is -0.352 e. The first-order chi connectivity index (χ1) is 12.2. The number of nitrogens with zero attached hydrogens (tertiary/aromatic N) is 5. The maximum Gasteiger partial charge on any atom is 0.327 e. The Morgan fingerprint density at radius 3 is 2.56 bits per heavy atom. The maximum atomic E-state index is 12.4. The van der Waals surface area contributed by atoms with E-state index in [1.54, 1.807) is 17.3 Å². The van der Waals surface area contributed by atoms with E-state index in [1.807, 2.05) is 37.4 Å². The zero-order chi connectivity index (χ0) is 17.4. The number of urea groups is 1. The lowest BCUT2D eigenvalue weighted by atomic mass is 10.1. The van der Waals surface area contributed by atoms with Gasteiger partial charge in [-0.25, -0.2) is 9.78 Å². The molecule has 2 fully saturated rings. The van der Waals surface area contributed by atoms with Crippen molar-refractivity contribution in [3.63, 3.8) is 0 Å². The number of amides is 3. The van der Waals surface area contributed by atoms with E-state index < -0.39 is 6.04 Å². The van der Waals surface area contributed by atoms with E-state index >= 15 is 0 Å². The van der Waals surface area contributed by atoms with Gasteiger partial charge in [0.15, 0.2) is 0 Å². The minimum absolute atomic E-state index is 0.106. The Morgan fingerprint density at radius 2 is 1.88 bits per heavy atom. The van der Waals surface area contributed by atoms with Crippen molar-refractivity contribution in [2.75, 3.05) is 31.1 Å². The molecule has 7 heteroatoms. The smallest absolute Gasteiger partial charge is 0.327 e. The maximum absolute atomic E-state index is 12.4. The Hall–Kier alpha value is -2.96. The molecule has 2 aromatic rings. The molecule has 0 aliphatic carbocycles. The van der Waals surface area contributed by atoms with Crippen molar-refractivity contribution >= 4 is 17.8 Å². The van der Waals surface area contributed by atoms with Gasteiger partial charge in [0.25, 0.3) is 5.91 Å². The highest BCUT2D eigenvalue weighted by Gasteiger charge is 2.47. The summed E-state index contributed by atoms with van der Waals surface area (Å²) in [6.45, 7) is 3.95. The molecule has 0 N–H and O–H groups in total. The highest BCUT2D eigenvalue weighted by atomic mass is 16.2. The molecule has 4 rings (SSSR count). The first-order valence-corrected chi connectivity index (χ1v) is 8.42. The number of piperazine rings is 1. The fourth-order valence-corrected chi connectivity index (χ4v) is 3.44. The number of anilines is 1. The van der Waals surface area contributed by atoms with Crippen LogP contribution in [0.5, 0.6) is 0 Å². The molecule has 7 nitrogen and oxygen atoms in total. The number of carbonyl (C=O) groups excluding carboxylic acids is 2. The molecule has 0 spiro atoms. The van der Waals surface area contributed by atoms with Crippen molar-refractivity contribution in [2.45, 2.75) is 13.0 Å². The second-order valence-electron chi connectivity index (χ2n) is 6.16. The number of imide groups is 1. The lowest BCUT2D eigenvalue weighted by molar-refractivity contribution is -0.128. The van der Waals surface area contributed by atoms with Gasteiger partial charge in [-0.05, 0) is 36.8 Å². The summed E-state index contributed by atoms with van der Waals surface area (Å²) in [7, 11) is 0. The van der Waals surface area contributed by atoms with Crippen molar-refractivity contribution in [3.8, 4) is 11.1 Å². The van der Waals surface area contributed by atoms with Crippen LogP contribution in [0.2, 0.25) is 0 Å². The van der Waals surface area contributed by atoms with E-state index in [0.717, 1.165) is 16.9 Å². The molecule has 2 aromatic heterocycles. The van der Waals surface area contributed by atoms with E-state index in [2.05, 4.69) is 14.9 Å². The van der Waals surface area contributed by atoms with E-state index in [1.165, 1.54) is 4.90 Å². The monoisotopic (exact) mass is 337 g/mol. The lowest BCUT2D eigenvalue weighted by Gasteiger charge is -2.36. The second kappa shape index (κ2) is 6.16. The first kappa shape index (κ1) is 15.6. The average Bonchev–Trinajstić information content (AvgIpc) is 2.92. The van der Waals surface area contributed by atoms with Crippen molar-refractivity contribution in [1.29, 1.82) is 0 Å². The van der Waals surface area contributed by atoms with E-state index in [9.17, 15) is 9.59 Å². The van der Waals surface area contributed by atoms with Crippen LogP contribution >= 0.6 is 0 Å². The Morgan fingerprint density at radius 1 is 1.08 bits per heavy atom. The highest BCUT2D eigenvalue weighted by Crippen LogP contribution is 2.26. The molecule has 0 saturated carbocycles. The van der Waals surface area contributed by atoms with Crippen LogP contribution in [0.25, 0.3) is 11.1 Å². The molecule has 2 saturated heterocycles. The number of rotatable bonds is 3. The fourth-order valence-electron chi connectivity index (χ4n) is 3.44. The highest BCUT2D eigenvalue weighted by molar-refractivity contribution is 6.04. The van der Waals surface area contributed by atoms with Gasteiger partial charge in [0.2, 0.25) is 0 Å². The van der Waals surface area contributed by atoms with Crippen LogP contribution in [0, 0.1) is 0 Å². The third kappa shape index (κ3) is 2.61. The molecule has 0 aromatic carbocycles. The van der Waals surface area contributed by atoms with Gasteiger partial charge in [-0.2, -0.15) is 0 Å². The number of fused-ring (bicyclic) bond motifs is 1. The topological polar surface area (TPSA) is 69.6 Å². The number of aromatic nitrogens is 2. The van der Waals surface area contributed by atoms with Crippen molar-refractivity contribution in [1.82, 2.24) is 19.8 Å². The molecule has 4 heterocycles. The number of pyridine rings is 2. The Labute approximate surface area is 145 Å². The molecule has 1 unspecified atom stereocenters. The van der Waals surface area contributed by atoms with Gasteiger partial charge in [-0.3, -0.25) is 14.7 Å². The van der Waals surface area contributed by atoms with Gasteiger partial charge in [0, 0.05) is 50.3 Å². The molecule has 128 valence electrons. The van der Waals surface area contributed by atoms with Crippen LogP contribution < -0.4 is 4.90 Å². The summed E-state index contributed by atoms with van der Waals surface area (Å²) in [4.78, 5) is 38.3. The standard InChI is InChI=1S/C18H19N5O2/c1-2-22-17(24)15-12-21(9-10-23(15)18(22)25)16-4-3-14(11-20-16)13-5-7-19-8-6-13/h3-8,11,15H,2,9-10,12H2,1H3. The van der Waals surface area contributed by atoms with Gasteiger partial charge in [0.1, 0.15) is 11.9 Å². The Kier molecular flexibility index (Phi) is 3.83. The van der Waals surface area contributed by atoms with Crippen LogP contribution in [0.1, 0.15) is 6.92 Å². The summed E-state index contributed by atoms with van der Waals surface area (Å²) in [5, 5.41) is 0. The number of hydrogen-bond donors (Lipinski definition) is 0. The zero-order valence-corrected chi connectivity index (χ0v) is 14.0. The average molecular weight is 337 g/mol. The van der Waals surface area contributed by atoms with Crippen LogP contribution in [-0.2, 0) is 4.79 Å². The summed E-state index contributed by atoms with van der Waals surface area (Å²) >= 11 is 0. The van der Waals surface area contributed by atoms with Gasteiger partial charge < -0.3 is 9.80 Å².